The second kappa shape index (κ2) is 8.17. The number of hydrogen-bond donors (Lipinski definition) is 1. The lowest BCUT2D eigenvalue weighted by Crippen LogP contribution is -2.36. The Balaban J connectivity index is 3.02. The lowest BCUT2D eigenvalue weighted by atomic mass is 10.0. The van der Waals surface area contributed by atoms with Gasteiger partial charge in [0.05, 0.1) is 39.3 Å². The number of esters is 1. The highest BCUT2D eigenvalue weighted by Gasteiger charge is 2.26. The molecule has 0 aliphatic rings. The molecule has 0 heterocycles. The first-order valence-corrected chi connectivity index (χ1v) is 8.88. The van der Waals surface area contributed by atoms with Crippen molar-refractivity contribution in [1.82, 2.24) is 4.72 Å². The van der Waals surface area contributed by atoms with Crippen molar-refractivity contribution in [3.8, 4) is 0 Å². The van der Waals surface area contributed by atoms with Crippen molar-refractivity contribution in [3.63, 3.8) is 0 Å². The lowest BCUT2D eigenvalue weighted by Gasteiger charge is -2.24. The van der Waals surface area contributed by atoms with Crippen LogP contribution in [0.5, 0.6) is 0 Å². The van der Waals surface area contributed by atoms with Crippen LogP contribution in [0.1, 0.15) is 45.7 Å². The zero-order valence-electron chi connectivity index (χ0n) is 13.1. The molecule has 1 aromatic rings. The average Bonchev–Trinajstić information content (AvgIpc) is 2.40. The Morgan fingerprint density at radius 1 is 1.45 bits per heavy atom. The number of ether oxygens (including phenoxy) is 1. The molecule has 0 saturated heterocycles. The standard InChI is InChI=1S/C15H21BrFNO3S/c1-5-21-14(19)9-13(18-22(20)15(2,3)4)10-6-7-11(16)12(17)8-10/h6-8,13,18H,5,9H2,1-4H3/t13-,22+/m0/s1. The molecule has 7 heteroatoms. The highest BCUT2D eigenvalue weighted by molar-refractivity contribution is 9.10. The van der Waals surface area contributed by atoms with Crippen LogP contribution in [-0.2, 0) is 20.5 Å². The number of rotatable bonds is 6. The van der Waals surface area contributed by atoms with Gasteiger partial charge in [0, 0.05) is 0 Å². The van der Waals surface area contributed by atoms with Crippen LogP contribution < -0.4 is 4.72 Å². The summed E-state index contributed by atoms with van der Waals surface area (Å²) in [6.45, 7) is 7.44. The molecule has 0 bridgehead atoms. The molecular weight excluding hydrogens is 373 g/mol. The molecule has 124 valence electrons. The predicted molar refractivity (Wildman–Crippen MR) is 89.1 cm³/mol. The molecule has 0 fully saturated rings. The van der Waals surface area contributed by atoms with Gasteiger partial charge in [-0.2, -0.15) is 0 Å². The molecule has 0 aromatic heterocycles. The first kappa shape index (κ1) is 19.3. The fourth-order valence-corrected chi connectivity index (χ4v) is 2.73. The van der Waals surface area contributed by atoms with E-state index in [1.165, 1.54) is 6.07 Å². The van der Waals surface area contributed by atoms with Crippen molar-refractivity contribution < 1.29 is 18.1 Å². The van der Waals surface area contributed by atoms with Crippen molar-refractivity contribution in [2.75, 3.05) is 6.61 Å². The van der Waals surface area contributed by atoms with Gasteiger partial charge < -0.3 is 4.74 Å². The first-order chi connectivity index (χ1) is 10.1. The van der Waals surface area contributed by atoms with Gasteiger partial charge in [-0.25, -0.2) is 13.3 Å². The Morgan fingerprint density at radius 2 is 2.09 bits per heavy atom. The van der Waals surface area contributed by atoms with Crippen LogP contribution in [0.15, 0.2) is 22.7 Å². The summed E-state index contributed by atoms with van der Waals surface area (Å²) in [7, 11) is -1.39. The van der Waals surface area contributed by atoms with E-state index in [9.17, 15) is 13.4 Å². The molecule has 0 aliphatic carbocycles. The van der Waals surface area contributed by atoms with Crippen molar-refractivity contribution in [3.05, 3.63) is 34.1 Å². The van der Waals surface area contributed by atoms with Crippen LogP contribution in [0.25, 0.3) is 0 Å². The molecule has 0 spiro atoms. The third-order valence-corrected chi connectivity index (χ3v) is 5.08. The van der Waals surface area contributed by atoms with Gasteiger partial charge in [0.1, 0.15) is 5.82 Å². The summed E-state index contributed by atoms with van der Waals surface area (Å²) in [5, 5.41) is 0. The minimum absolute atomic E-state index is 0.0171. The van der Waals surface area contributed by atoms with Crippen molar-refractivity contribution >= 4 is 32.9 Å². The van der Waals surface area contributed by atoms with Gasteiger partial charge in [-0.1, -0.05) is 6.07 Å². The summed E-state index contributed by atoms with van der Waals surface area (Å²) in [4.78, 5) is 11.7. The normalized spacial score (nSPS) is 14.5. The number of hydrogen-bond acceptors (Lipinski definition) is 3. The lowest BCUT2D eigenvalue weighted by molar-refractivity contribution is -0.143. The summed E-state index contributed by atoms with van der Waals surface area (Å²) < 4.78 is 33.7. The molecule has 0 radical (unpaired) electrons. The second-order valence-corrected chi connectivity index (χ2v) is 8.59. The van der Waals surface area contributed by atoms with E-state index in [0.29, 0.717) is 10.0 Å². The Kier molecular flexibility index (Phi) is 7.15. The molecule has 0 amide bonds. The van der Waals surface area contributed by atoms with Crippen LogP contribution >= 0.6 is 15.9 Å². The van der Waals surface area contributed by atoms with Gasteiger partial charge in [0.15, 0.2) is 0 Å². The van der Waals surface area contributed by atoms with E-state index in [0.717, 1.165) is 0 Å². The Hall–Kier alpha value is -0.790. The van der Waals surface area contributed by atoms with Crippen LogP contribution in [0, 0.1) is 5.82 Å². The fraction of sp³-hybridized carbons (Fsp3) is 0.533. The van der Waals surface area contributed by atoms with E-state index < -0.39 is 33.6 Å². The zero-order chi connectivity index (χ0) is 16.9. The highest BCUT2D eigenvalue weighted by atomic mass is 79.9. The van der Waals surface area contributed by atoms with Crippen LogP contribution in [-0.4, -0.2) is 21.5 Å². The molecule has 1 rings (SSSR count). The van der Waals surface area contributed by atoms with E-state index >= 15 is 0 Å². The third kappa shape index (κ3) is 5.78. The van der Waals surface area contributed by atoms with E-state index in [2.05, 4.69) is 20.7 Å². The molecular formula is C15H21BrFNO3S. The molecule has 1 aromatic carbocycles. The van der Waals surface area contributed by atoms with E-state index in [1.54, 1.807) is 19.1 Å². The summed E-state index contributed by atoms with van der Waals surface area (Å²) in [5.41, 5.74) is 0.548. The van der Waals surface area contributed by atoms with Gasteiger partial charge in [0.2, 0.25) is 0 Å². The SMILES string of the molecule is CCOC(=O)C[C@H](N[S@](=O)C(C)(C)C)c1ccc(Br)c(F)c1. The topological polar surface area (TPSA) is 55.4 Å². The second-order valence-electron chi connectivity index (χ2n) is 5.73. The number of benzene rings is 1. The van der Waals surface area contributed by atoms with Crippen LogP contribution in [0.2, 0.25) is 0 Å². The Labute approximate surface area is 141 Å². The van der Waals surface area contributed by atoms with Gasteiger partial charge in [-0.3, -0.25) is 4.79 Å². The summed E-state index contributed by atoms with van der Waals surface area (Å²) in [6.07, 6.45) is -0.0171. The molecule has 4 nitrogen and oxygen atoms in total. The number of carbonyl (C=O) groups is 1. The van der Waals surface area contributed by atoms with Gasteiger partial charge >= 0.3 is 5.97 Å². The molecule has 0 saturated carbocycles. The van der Waals surface area contributed by atoms with Gasteiger partial charge in [-0.15, -0.1) is 0 Å². The third-order valence-electron chi connectivity index (χ3n) is 2.83. The summed E-state index contributed by atoms with van der Waals surface area (Å²) >= 11 is 3.09. The average molecular weight is 394 g/mol. The van der Waals surface area contributed by atoms with Gasteiger partial charge in [-0.05, 0) is 61.3 Å². The zero-order valence-corrected chi connectivity index (χ0v) is 15.5. The molecule has 2 atom stereocenters. The molecule has 22 heavy (non-hydrogen) atoms. The van der Waals surface area contributed by atoms with Crippen molar-refractivity contribution in [1.29, 1.82) is 0 Å². The largest absolute Gasteiger partial charge is 0.466 e. The number of halogens is 2. The molecule has 0 aliphatic heterocycles. The predicted octanol–water partition coefficient (Wildman–Crippen LogP) is 3.63. The summed E-state index contributed by atoms with van der Waals surface area (Å²) in [6, 6.07) is 3.98. The number of carbonyl (C=O) groups excluding carboxylic acids is 1. The van der Waals surface area contributed by atoms with E-state index in [-0.39, 0.29) is 13.0 Å². The van der Waals surface area contributed by atoms with Crippen LogP contribution in [0.3, 0.4) is 0 Å². The number of nitrogens with one attached hydrogen (secondary N) is 1. The van der Waals surface area contributed by atoms with E-state index in [4.69, 9.17) is 4.74 Å². The van der Waals surface area contributed by atoms with Gasteiger partial charge in [0.25, 0.3) is 0 Å². The minimum atomic E-state index is -1.39. The molecule has 1 N–H and O–H groups in total. The monoisotopic (exact) mass is 393 g/mol. The Morgan fingerprint density at radius 3 is 2.59 bits per heavy atom. The van der Waals surface area contributed by atoms with Crippen molar-refractivity contribution in [2.45, 2.75) is 44.9 Å². The van der Waals surface area contributed by atoms with Crippen molar-refractivity contribution in [2.24, 2.45) is 0 Å². The maximum atomic E-state index is 13.7. The highest BCUT2D eigenvalue weighted by Crippen LogP contribution is 2.25. The smallest absolute Gasteiger partial charge is 0.307 e. The maximum absolute atomic E-state index is 13.7. The van der Waals surface area contributed by atoms with Crippen LogP contribution in [0.4, 0.5) is 4.39 Å². The minimum Gasteiger partial charge on any atom is -0.466 e. The first-order valence-electron chi connectivity index (χ1n) is 6.93. The van der Waals surface area contributed by atoms with E-state index in [1.807, 2.05) is 20.8 Å². The Bertz CT molecular complexity index is 560. The molecule has 0 unspecified atom stereocenters. The quantitative estimate of drug-likeness (QED) is 0.750. The maximum Gasteiger partial charge on any atom is 0.307 e. The fourth-order valence-electron chi connectivity index (χ4n) is 1.65. The summed E-state index contributed by atoms with van der Waals surface area (Å²) in [5.74, 6) is -0.857.